The quantitative estimate of drug-likeness (QED) is 0.800. The molecule has 0 spiro atoms. The Hall–Kier alpha value is -1.20. The van der Waals surface area contributed by atoms with Crippen LogP contribution in [0.25, 0.3) is 0 Å². The van der Waals surface area contributed by atoms with Crippen LogP contribution in [0.15, 0.2) is 24.3 Å². The fraction of sp³-hybridized carbons (Fsp3) is 0.500. The lowest BCUT2D eigenvalue weighted by Crippen LogP contribution is -2.35. The van der Waals surface area contributed by atoms with Crippen LogP contribution in [0.5, 0.6) is 5.75 Å². The van der Waals surface area contributed by atoms with Crippen molar-refractivity contribution in [3.05, 3.63) is 29.8 Å². The molecule has 0 atom stereocenters. The molecule has 0 heterocycles. The van der Waals surface area contributed by atoms with E-state index in [9.17, 15) is 4.79 Å². The van der Waals surface area contributed by atoms with E-state index in [4.69, 9.17) is 10.5 Å². The number of hydrogen-bond acceptors (Lipinski definition) is 4. The maximum absolute atomic E-state index is 11.7. The summed E-state index contributed by atoms with van der Waals surface area (Å²) in [4.78, 5) is 11.7. The van der Waals surface area contributed by atoms with E-state index in [0.29, 0.717) is 12.3 Å². The summed E-state index contributed by atoms with van der Waals surface area (Å²) in [6.45, 7) is 4.38. The number of nitrogens with one attached hydrogen (secondary N) is 1. The van der Waals surface area contributed by atoms with Crippen LogP contribution in [0.2, 0.25) is 0 Å². The summed E-state index contributed by atoms with van der Waals surface area (Å²) < 4.78 is 5.23. The second-order valence-corrected chi connectivity index (χ2v) is 6.06. The van der Waals surface area contributed by atoms with E-state index in [2.05, 4.69) is 5.32 Å². The van der Waals surface area contributed by atoms with E-state index >= 15 is 0 Å². The second kappa shape index (κ2) is 7.40. The highest BCUT2D eigenvalue weighted by molar-refractivity contribution is 8.00. The van der Waals surface area contributed by atoms with Gasteiger partial charge in [0.2, 0.25) is 5.91 Å². The fourth-order valence-electron chi connectivity index (χ4n) is 1.50. The molecule has 0 bridgehead atoms. The highest BCUT2D eigenvalue weighted by atomic mass is 32.2. The minimum absolute atomic E-state index is 0.0140. The molecular weight excluding hydrogens is 260 g/mol. The maximum Gasteiger partial charge on any atom is 0.230 e. The molecule has 1 aromatic rings. The maximum atomic E-state index is 11.7. The number of carbonyl (C=O) groups excluding carboxylic acids is 1. The van der Waals surface area contributed by atoms with Crippen molar-refractivity contribution in [3.63, 3.8) is 0 Å². The van der Waals surface area contributed by atoms with Crippen molar-refractivity contribution in [2.24, 2.45) is 5.73 Å². The third-order valence-corrected chi connectivity index (χ3v) is 3.79. The number of amides is 1. The molecule has 1 rings (SSSR count). The van der Waals surface area contributed by atoms with Gasteiger partial charge in [-0.1, -0.05) is 18.2 Å². The molecule has 0 radical (unpaired) electrons. The highest BCUT2D eigenvalue weighted by Crippen LogP contribution is 2.16. The van der Waals surface area contributed by atoms with Gasteiger partial charge < -0.3 is 15.8 Å². The monoisotopic (exact) mass is 282 g/mol. The van der Waals surface area contributed by atoms with Crippen LogP contribution < -0.4 is 15.8 Å². The van der Waals surface area contributed by atoms with Gasteiger partial charge in [0.25, 0.3) is 0 Å². The zero-order valence-electron chi connectivity index (χ0n) is 11.7. The van der Waals surface area contributed by atoms with Crippen LogP contribution >= 0.6 is 11.8 Å². The molecule has 1 aromatic carbocycles. The summed E-state index contributed by atoms with van der Waals surface area (Å²) in [5.41, 5.74) is 6.59. The van der Waals surface area contributed by atoms with E-state index in [-0.39, 0.29) is 11.4 Å². The van der Waals surface area contributed by atoms with Crippen molar-refractivity contribution >= 4 is 17.7 Å². The van der Waals surface area contributed by atoms with Gasteiger partial charge in [-0.25, -0.2) is 0 Å². The van der Waals surface area contributed by atoms with Gasteiger partial charge in [0.05, 0.1) is 12.9 Å². The Balaban J connectivity index is 2.34. The minimum atomic E-state index is -0.242. The largest absolute Gasteiger partial charge is 0.496 e. The molecule has 4 nitrogen and oxygen atoms in total. The fourth-order valence-corrected chi connectivity index (χ4v) is 2.42. The first-order chi connectivity index (χ1) is 8.92. The molecule has 0 unspecified atom stereocenters. The van der Waals surface area contributed by atoms with Crippen molar-refractivity contribution < 1.29 is 9.53 Å². The van der Waals surface area contributed by atoms with E-state index in [1.165, 1.54) is 0 Å². The summed E-state index contributed by atoms with van der Waals surface area (Å²) in [6.07, 6.45) is 0. The van der Waals surface area contributed by atoms with Gasteiger partial charge in [0.1, 0.15) is 5.75 Å². The van der Waals surface area contributed by atoms with Gasteiger partial charge in [-0.2, -0.15) is 11.8 Å². The van der Waals surface area contributed by atoms with Gasteiger partial charge in [0, 0.05) is 23.4 Å². The minimum Gasteiger partial charge on any atom is -0.496 e. The molecule has 5 heteroatoms. The van der Waals surface area contributed by atoms with E-state index in [0.717, 1.165) is 17.1 Å². The van der Waals surface area contributed by atoms with E-state index in [1.54, 1.807) is 18.9 Å². The number of para-hydroxylation sites is 1. The lowest BCUT2D eigenvalue weighted by atomic mass is 10.1. The van der Waals surface area contributed by atoms with Gasteiger partial charge in [-0.05, 0) is 19.9 Å². The van der Waals surface area contributed by atoms with Crippen LogP contribution in [0.3, 0.4) is 0 Å². The molecule has 1 amide bonds. The average molecular weight is 282 g/mol. The van der Waals surface area contributed by atoms with Crippen LogP contribution in [0.1, 0.15) is 19.4 Å². The Morgan fingerprint density at radius 2 is 2.11 bits per heavy atom. The first-order valence-electron chi connectivity index (χ1n) is 6.17. The zero-order chi connectivity index (χ0) is 14.3. The average Bonchev–Trinajstić information content (AvgIpc) is 2.35. The van der Waals surface area contributed by atoms with E-state index < -0.39 is 0 Å². The van der Waals surface area contributed by atoms with Crippen molar-refractivity contribution in [3.8, 4) is 5.75 Å². The van der Waals surface area contributed by atoms with Gasteiger partial charge in [-0.3, -0.25) is 4.79 Å². The summed E-state index contributed by atoms with van der Waals surface area (Å²) in [5, 5.41) is 2.88. The molecule has 0 aliphatic rings. The number of benzene rings is 1. The summed E-state index contributed by atoms with van der Waals surface area (Å²) >= 11 is 1.55. The Kier molecular flexibility index (Phi) is 6.18. The predicted molar refractivity (Wildman–Crippen MR) is 80.4 cm³/mol. The third kappa shape index (κ3) is 6.50. The highest BCUT2D eigenvalue weighted by Gasteiger charge is 2.12. The smallest absolute Gasteiger partial charge is 0.230 e. The zero-order valence-corrected chi connectivity index (χ0v) is 12.5. The van der Waals surface area contributed by atoms with Crippen molar-refractivity contribution in [2.45, 2.75) is 25.9 Å². The van der Waals surface area contributed by atoms with Gasteiger partial charge >= 0.3 is 0 Å². The van der Waals surface area contributed by atoms with E-state index in [1.807, 2.05) is 38.1 Å². The summed E-state index contributed by atoms with van der Waals surface area (Å²) in [5.74, 6) is 1.99. The Morgan fingerprint density at radius 1 is 1.42 bits per heavy atom. The number of rotatable bonds is 7. The first kappa shape index (κ1) is 15.9. The summed E-state index contributed by atoms with van der Waals surface area (Å²) in [6, 6.07) is 7.65. The molecule has 3 N–H and O–H groups in total. The molecule has 0 aliphatic carbocycles. The van der Waals surface area contributed by atoms with Crippen molar-refractivity contribution in [1.29, 1.82) is 0 Å². The van der Waals surface area contributed by atoms with Gasteiger partial charge in [0.15, 0.2) is 0 Å². The van der Waals surface area contributed by atoms with Crippen LogP contribution in [0, 0.1) is 0 Å². The van der Waals surface area contributed by atoms with Crippen LogP contribution in [-0.2, 0) is 11.3 Å². The molecule has 0 saturated carbocycles. The molecule has 0 aromatic heterocycles. The number of hydrogen-bond donors (Lipinski definition) is 2. The van der Waals surface area contributed by atoms with Crippen molar-refractivity contribution in [1.82, 2.24) is 5.32 Å². The number of carbonyl (C=O) groups is 1. The van der Waals surface area contributed by atoms with Crippen molar-refractivity contribution in [2.75, 3.05) is 18.6 Å². The predicted octanol–water partition coefficient (Wildman–Crippen LogP) is 1.78. The number of methoxy groups -OCH3 is 1. The second-order valence-electron chi connectivity index (χ2n) is 5.07. The molecule has 0 saturated heterocycles. The molecule has 0 aliphatic heterocycles. The molecule has 0 fully saturated rings. The topological polar surface area (TPSA) is 64.3 Å². The SMILES string of the molecule is COc1ccccc1CNC(=O)CSCC(C)(C)N. The molecule has 106 valence electrons. The number of thioether (sulfide) groups is 1. The lowest BCUT2D eigenvalue weighted by Gasteiger charge is -2.17. The lowest BCUT2D eigenvalue weighted by molar-refractivity contribution is -0.118. The van der Waals surface area contributed by atoms with Crippen LogP contribution in [0.4, 0.5) is 0 Å². The number of ether oxygens (including phenoxy) is 1. The van der Waals surface area contributed by atoms with Crippen LogP contribution in [-0.4, -0.2) is 30.1 Å². The third-order valence-electron chi connectivity index (χ3n) is 2.38. The van der Waals surface area contributed by atoms with Gasteiger partial charge in [-0.15, -0.1) is 0 Å². The number of nitrogens with two attached hydrogens (primary N) is 1. The Morgan fingerprint density at radius 3 is 2.74 bits per heavy atom. The summed E-state index contributed by atoms with van der Waals surface area (Å²) in [7, 11) is 1.62. The standard InChI is InChI=1S/C14H22N2O2S/c1-14(2,15)10-19-9-13(17)16-8-11-6-4-5-7-12(11)18-3/h4-7H,8-10,15H2,1-3H3,(H,16,17). The molecule has 19 heavy (non-hydrogen) atoms. The molecular formula is C14H22N2O2S. The Bertz CT molecular complexity index is 416. The normalized spacial score (nSPS) is 11.2. The Labute approximate surface area is 119 Å². The first-order valence-corrected chi connectivity index (χ1v) is 7.33.